The lowest BCUT2D eigenvalue weighted by Gasteiger charge is -2.36. The average molecular weight is 455 g/mol. The Bertz CT molecular complexity index is 1350. The molecule has 0 amide bonds. The highest BCUT2D eigenvalue weighted by Gasteiger charge is 2.36. The second-order valence-corrected chi connectivity index (χ2v) is 10.2. The van der Waals surface area contributed by atoms with E-state index < -0.39 is 5.25 Å². The number of H-pyrrole nitrogens is 2. The molecule has 168 valence electrons. The van der Waals surface area contributed by atoms with Crippen molar-refractivity contribution in [2.45, 2.75) is 50.5 Å². The predicted molar refractivity (Wildman–Crippen MR) is 127 cm³/mol. The Morgan fingerprint density at radius 1 is 1.25 bits per heavy atom. The third kappa shape index (κ3) is 3.59. The van der Waals surface area contributed by atoms with Gasteiger partial charge >= 0.3 is 0 Å². The minimum atomic E-state index is -0.445. The summed E-state index contributed by atoms with van der Waals surface area (Å²) in [6, 6.07) is 7.44. The molecule has 32 heavy (non-hydrogen) atoms. The lowest BCUT2D eigenvalue weighted by atomic mass is 9.94. The molecule has 2 aliphatic heterocycles. The molecule has 1 aromatic carbocycles. The molecule has 1 saturated heterocycles. The number of ether oxygens (including phenoxy) is 2. The average Bonchev–Trinajstić information content (AvgIpc) is 3.08. The van der Waals surface area contributed by atoms with E-state index in [0.29, 0.717) is 29.3 Å². The maximum Gasteiger partial charge on any atom is 0.271 e. The number of thioether (sulfide) groups is 1. The van der Waals surface area contributed by atoms with Crippen LogP contribution in [0.3, 0.4) is 0 Å². The van der Waals surface area contributed by atoms with Crippen LogP contribution in [0.1, 0.15) is 56.0 Å². The predicted octanol–water partition coefficient (Wildman–Crippen LogP) is 4.04. The van der Waals surface area contributed by atoms with E-state index in [9.17, 15) is 9.59 Å². The Labute approximate surface area is 189 Å². The topological polar surface area (TPSA) is 101 Å². The van der Waals surface area contributed by atoms with Crippen molar-refractivity contribution in [3.8, 4) is 5.75 Å². The summed E-state index contributed by atoms with van der Waals surface area (Å²) in [7, 11) is 1.61. The molecular weight excluding hydrogens is 428 g/mol. The smallest absolute Gasteiger partial charge is 0.271 e. The van der Waals surface area contributed by atoms with Crippen LogP contribution < -0.4 is 15.9 Å². The van der Waals surface area contributed by atoms with Gasteiger partial charge in [-0.1, -0.05) is 11.8 Å². The molecule has 9 heteroatoms. The zero-order valence-corrected chi connectivity index (χ0v) is 19.3. The van der Waals surface area contributed by atoms with Gasteiger partial charge in [0.2, 0.25) is 0 Å². The Hall–Kier alpha value is -2.78. The quantitative estimate of drug-likeness (QED) is 0.622. The Kier molecular flexibility index (Phi) is 5.05. The summed E-state index contributed by atoms with van der Waals surface area (Å²) in [4.78, 5) is 33.8. The van der Waals surface area contributed by atoms with E-state index in [4.69, 9.17) is 14.5 Å². The van der Waals surface area contributed by atoms with Crippen molar-refractivity contribution < 1.29 is 9.47 Å². The maximum atomic E-state index is 13.1. The monoisotopic (exact) mass is 454 g/mol. The zero-order valence-electron chi connectivity index (χ0n) is 18.5. The Balaban J connectivity index is 1.64. The van der Waals surface area contributed by atoms with Gasteiger partial charge in [0.25, 0.3) is 11.1 Å². The summed E-state index contributed by atoms with van der Waals surface area (Å²) >= 11 is 1.43. The Morgan fingerprint density at radius 3 is 2.81 bits per heavy atom. The third-order valence-corrected chi connectivity index (χ3v) is 7.31. The van der Waals surface area contributed by atoms with Crippen LogP contribution in [0.4, 0.5) is 5.82 Å². The van der Waals surface area contributed by atoms with Crippen LogP contribution in [0.25, 0.3) is 10.9 Å². The van der Waals surface area contributed by atoms with Gasteiger partial charge in [-0.2, -0.15) is 0 Å². The van der Waals surface area contributed by atoms with Gasteiger partial charge in [-0.3, -0.25) is 19.4 Å². The number of aromatic amines is 2. The maximum absolute atomic E-state index is 13.1. The first-order valence-corrected chi connectivity index (χ1v) is 11.5. The van der Waals surface area contributed by atoms with Crippen LogP contribution in [0.5, 0.6) is 5.75 Å². The van der Waals surface area contributed by atoms with Gasteiger partial charge in [-0.25, -0.2) is 4.99 Å². The van der Waals surface area contributed by atoms with Gasteiger partial charge in [-0.05, 0) is 57.9 Å². The molecule has 1 fully saturated rings. The first-order chi connectivity index (χ1) is 15.3. The van der Waals surface area contributed by atoms with Crippen LogP contribution in [0, 0.1) is 0 Å². The molecule has 0 bridgehead atoms. The van der Waals surface area contributed by atoms with Crippen molar-refractivity contribution in [3.05, 3.63) is 56.1 Å². The second kappa shape index (κ2) is 7.67. The zero-order chi connectivity index (χ0) is 22.6. The lowest BCUT2D eigenvalue weighted by molar-refractivity contribution is -0.0705. The van der Waals surface area contributed by atoms with Crippen molar-refractivity contribution in [1.82, 2.24) is 14.8 Å². The minimum Gasteiger partial charge on any atom is -0.497 e. The molecule has 4 heterocycles. The first kappa shape index (κ1) is 21.1. The van der Waals surface area contributed by atoms with Crippen molar-refractivity contribution >= 4 is 33.5 Å². The molecule has 0 spiro atoms. The third-order valence-electron chi connectivity index (χ3n) is 6.15. The fourth-order valence-electron chi connectivity index (χ4n) is 4.64. The van der Waals surface area contributed by atoms with Crippen LogP contribution in [0.2, 0.25) is 0 Å². The number of methoxy groups -OCH3 is 1. The molecule has 8 nitrogen and oxygen atoms in total. The van der Waals surface area contributed by atoms with Gasteiger partial charge in [-0.15, -0.1) is 0 Å². The molecule has 0 saturated carbocycles. The van der Waals surface area contributed by atoms with Crippen molar-refractivity contribution in [3.63, 3.8) is 0 Å². The van der Waals surface area contributed by atoms with E-state index in [1.54, 1.807) is 7.11 Å². The van der Waals surface area contributed by atoms with Crippen LogP contribution in [0.15, 0.2) is 38.8 Å². The van der Waals surface area contributed by atoms with E-state index in [1.807, 2.05) is 35.9 Å². The van der Waals surface area contributed by atoms with Crippen molar-refractivity contribution in [2.24, 2.45) is 4.99 Å². The number of nitrogens with zero attached hydrogens (tertiary/aromatic N) is 2. The van der Waals surface area contributed by atoms with E-state index >= 15 is 0 Å². The van der Waals surface area contributed by atoms with E-state index in [2.05, 4.69) is 23.9 Å². The van der Waals surface area contributed by atoms with Crippen molar-refractivity contribution in [2.75, 3.05) is 13.7 Å². The van der Waals surface area contributed by atoms with Gasteiger partial charge in [0.1, 0.15) is 5.75 Å². The van der Waals surface area contributed by atoms with Crippen LogP contribution in [-0.4, -0.2) is 39.1 Å². The number of aromatic nitrogens is 3. The summed E-state index contributed by atoms with van der Waals surface area (Å²) in [6.45, 7) is 6.65. The normalized spacial score (nSPS) is 22.4. The SMILES string of the molecule is COc1ccc2[nH]c(=O)c([C@@H]3SC(C)=Nc4c3c(=O)[nH]n4[C@@H]3CCOC(C)(C)C3)cc2c1. The minimum absolute atomic E-state index is 0.0784. The molecule has 0 radical (unpaired) electrons. The summed E-state index contributed by atoms with van der Waals surface area (Å²) in [5, 5.41) is 4.23. The lowest BCUT2D eigenvalue weighted by Crippen LogP contribution is -2.35. The number of aliphatic imine (C=N–C) groups is 1. The fourth-order valence-corrected chi connectivity index (χ4v) is 5.75. The largest absolute Gasteiger partial charge is 0.497 e. The number of benzene rings is 1. The Morgan fingerprint density at radius 2 is 2.06 bits per heavy atom. The molecule has 0 aliphatic carbocycles. The van der Waals surface area contributed by atoms with Crippen LogP contribution >= 0.6 is 11.8 Å². The van der Waals surface area contributed by atoms with Gasteiger partial charge in [0.05, 0.1) is 34.6 Å². The summed E-state index contributed by atoms with van der Waals surface area (Å²) in [5.74, 6) is 1.32. The summed E-state index contributed by atoms with van der Waals surface area (Å²) < 4.78 is 13.1. The van der Waals surface area contributed by atoms with E-state index in [1.165, 1.54) is 11.8 Å². The number of hydrogen-bond acceptors (Lipinski definition) is 6. The van der Waals surface area contributed by atoms with Crippen molar-refractivity contribution in [1.29, 1.82) is 0 Å². The fraction of sp³-hybridized carbons (Fsp3) is 0.435. The molecule has 2 atom stereocenters. The molecule has 3 aromatic rings. The molecule has 0 unspecified atom stereocenters. The van der Waals surface area contributed by atoms with E-state index in [-0.39, 0.29) is 22.8 Å². The van der Waals surface area contributed by atoms with Gasteiger partial charge in [0, 0.05) is 23.1 Å². The molecular formula is C23H26N4O4S. The highest BCUT2D eigenvalue weighted by atomic mass is 32.2. The standard InChI is InChI=1S/C23H26N4O4S/c1-12-24-20-18(22(29)26-27(20)14-7-8-31-23(2,3)11-14)19(32-12)16-10-13-9-15(30-4)5-6-17(13)25-21(16)28/h5-6,9-10,14,19H,7-8,11H2,1-4H3,(H,25,28)(H,26,29)/t14-,19+/m1/s1. The summed E-state index contributed by atoms with van der Waals surface area (Å²) in [6.07, 6.45) is 1.57. The molecule has 2 N–H and O–H groups in total. The van der Waals surface area contributed by atoms with E-state index in [0.717, 1.165) is 28.8 Å². The molecule has 5 rings (SSSR count). The number of hydrogen-bond donors (Lipinski definition) is 2. The summed E-state index contributed by atoms with van der Waals surface area (Å²) in [5.41, 5.74) is 1.09. The number of fused-ring (bicyclic) bond motifs is 2. The van der Waals surface area contributed by atoms with Crippen LogP contribution in [-0.2, 0) is 4.74 Å². The highest BCUT2D eigenvalue weighted by molar-refractivity contribution is 8.14. The molecule has 2 aromatic heterocycles. The number of rotatable bonds is 3. The number of nitrogens with one attached hydrogen (secondary N) is 2. The van der Waals surface area contributed by atoms with Gasteiger partial charge in [0.15, 0.2) is 5.82 Å². The number of pyridine rings is 1. The molecule has 2 aliphatic rings. The second-order valence-electron chi connectivity index (χ2n) is 8.94. The highest BCUT2D eigenvalue weighted by Crippen LogP contribution is 2.45. The first-order valence-electron chi connectivity index (χ1n) is 10.7. The van der Waals surface area contributed by atoms with Gasteiger partial charge < -0.3 is 14.5 Å².